The molecule has 0 spiro atoms. The fourth-order valence-corrected chi connectivity index (χ4v) is 2.52. The maximum Gasteiger partial charge on any atom is 0.319 e. The van der Waals surface area contributed by atoms with Crippen LogP contribution in [0, 0.1) is 0 Å². The predicted molar refractivity (Wildman–Crippen MR) is 107 cm³/mol. The van der Waals surface area contributed by atoms with Gasteiger partial charge < -0.3 is 15.5 Å². The Bertz CT molecular complexity index is 786. The molecular weight excluding hydrogens is 350 g/mol. The number of halogens is 1. The third kappa shape index (κ3) is 5.49. The molecule has 0 aromatic heterocycles. The number of hydrogen-bond donors (Lipinski definition) is 2. The number of nitrogens with zero attached hydrogens (tertiary/aromatic N) is 1. The summed E-state index contributed by atoms with van der Waals surface area (Å²) in [6.07, 6.45) is 0. The highest BCUT2D eigenvalue weighted by Crippen LogP contribution is 2.22. The van der Waals surface area contributed by atoms with Gasteiger partial charge >= 0.3 is 6.03 Å². The van der Waals surface area contributed by atoms with Gasteiger partial charge in [0.15, 0.2) is 0 Å². The lowest BCUT2D eigenvalue weighted by Crippen LogP contribution is -2.43. The number of anilines is 1. The number of oxime groups is 1. The summed E-state index contributed by atoms with van der Waals surface area (Å²) in [5, 5.41) is 10.5. The molecule has 6 heteroatoms. The molecule has 0 saturated carbocycles. The molecule has 0 heterocycles. The SMILES string of the molecule is CCO/N=C(\C)c1cccc(C(C)(C)NC(=O)Nc2ccc(Cl)cc2)c1. The second-order valence-corrected chi connectivity index (χ2v) is 6.82. The van der Waals surface area contributed by atoms with Crippen molar-refractivity contribution in [1.29, 1.82) is 0 Å². The van der Waals surface area contributed by atoms with Crippen molar-refractivity contribution in [3.8, 4) is 0 Å². The van der Waals surface area contributed by atoms with Crippen molar-refractivity contribution in [2.45, 2.75) is 33.2 Å². The van der Waals surface area contributed by atoms with Gasteiger partial charge in [0.1, 0.15) is 6.61 Å². The normalized spacial score (nSPS) is 11.8. The van der Waals surface area contributed by atoms with E-state index >= 15 is 0 Å². The number of carbonyl (C=O) groups is 1. The maximum atomic E-state index is 12.3. The minimum atomic E-state index is -0.571. The van der Waals surface area contributed by atoms with E-state index in [1.54, 1.807) is 24.3 Å². The van der Waals surface area contributed by atoms with Gasteiger partial charge in [-0.2, -0.15) is 0 Å². The molecule has 2 rings (SSSR count). The second-order valence-electron chi connectivity index (χ2n) is 6.39. The van der Waals surface area contributed by atoms with Crippen LogP contribution in [0.4, 0.5) is 10.5 Å². The Morgan fingerprint density at radius 2 is 1.88 bits per heavy atom. The Balaban J connectivity index is 2.11. The van der Waals surface area contributed by atoms with Crippen LogP contribution in [-0.4, -0.2) is 18.3 Å². The maximum absolute atomic E-state index is 12.3. The van der Waals surface area contributed by atoms with Gasteiger partial charge in [-0.05, 0) is 69.2 Å². The zero-order chi connectivity index (χ0) is 19.2. The van der Waals surface area contributed by atoms with Crippen molar-refractivity contribution in [2.24, 2.45) is 5.16 Å². The average molecular weight is 374 g/mol. The van der Waals surface area contributed by atoms with E-state index in [1.165, 1.54) is 0 Å². The summed E-state index contributed by atoms with van der Waals surface area (Å²) < 4.78 is 0. The van der Waals surface area contributed by atoms with E-state index in [9.17, 15) is 4.79 Å². The summed E-state index contributed by atoms with van der Waals surface area (Å²) in [7, 11) is 0. The molecule has 5 nitrogen and oxygen atoms in total. The van der Waals surface area contributed by atoms with E-state index in [-0.39, 0.29) is 6.03 Å². The Hall–Kier alpha value is -2.53. The first-order valence-corrected chi connectivity index (χ1v) is 8.82. The van der Waals surface area contributed by atoms with Crippen molar-refractivity contribution in [3.63, 3.8) is 0 Å². The summed E-state index contributed by atoms with van der Waals surface area (Å²) in [6.45, 7) is 8.20. The summed E-state index contributed by atoms with van der Waals surface area (Å²) in [5.74, 6) is 0. The molecule has 0 aliphatic rings. The van der Waals surface area contributed by atoms with Crippen LogP contribution < -0.4 is 10.6 Å². The lowest BCUT2D eigenvalue weighted by molar-refractivity contribution is 0.159. The van der Waals surface area contributed by atoms with Gasteiger partial charge in [-0.3, -0.25) is 0 Å². The molecule has 0 radical (unpaired) electrons. The van der Waals surface area contributed by atoms with E-state index in [2.05, 4.69) is 15.8 Å². The molecule has 0 aliphatic carbocycles. The summed E-state index contributed by atoms with van der Waals surface area (Å²) in [6, 6.07) is 14.6. The van der Waals surface area contributed by atoms with Crippen LogP contribution in [0.25, 0.3) is 0 Å². The molecule has 0 unspecified atom stereocenters. The smallest absolute Gasteiger partial charge is 0.319 e. The quantitative estimate of drug-likeness (QED) is 0.542. The summed E-state index contributed by atoms with van der Waals surface area (Å²) in [4.78, 5) is 17.5. The van der Waals surface area contributed by atoms with Crippen molar-refractivity contribution in [1.82, 2.24) is 5.32 Å². The van der Waals surface area contributed by atoms with E-state index < -0.39 is 5.54 Å². The van der Waals surface area contributed by atoms with Crippen molar-refractivity contribution < 1.29 is 9.63 Å². The third-order valence-electron chi connectivity index (χ3n) is 3.86. The first-order chi connectivity index (χ1) is 12.3. The zero-order valence-electron chi connectivity index (χ0n) is 15.5. The largest absolute Gasteiger partial charge is 0.396 e. The number of benzene rings is 2. The first-order valence-electron chi connectivity index (χ1n) is 8.44. The number of hydrogen-bond acceptors (Lipinski definition) is 3. The zero-order valence-corrected chi connectivity index (χ0v) is 16.2. The van der Waals surface area contributed by atoms with Gasteiger partial charge in [-0.15, -0.1) is 0 Å². The number of nitrogens with one attached hydrogen (secondary N) is 2. The molecule has 0 saturated heterocycles. The number of urea groups is 1. The van der Waals surface area contributed by atoms with Crippen LogP contribution in [0.15, 0.2) is 53.7 Å². The topological polar surface area (TPSA) is 62.7 Å². The lowest BCUT2D eigenvalue weighted by atomic mass is 9.92. The summed E-state index contributed by atoms with van der Waals surface area (Å²) >= 11 is 5.86. The van der Waals surface area contributed by atoms with E-state index in [1.807, 2.05) is 52.0 Å². The third-order valence-corrected chi connectivity index (χ3v) is 4.11. The first kappa shape index (κ1) is 19.8. The fraction of sp³-hybridized carbons (Fsp3) is 0.300. The lowest BCUT2D eigenvalue weighted by Gasteiger charge is -2.27. The van der Waals surface area contributed by atoms with Crippen molar-refractivity contribution >= 4 is 29.0 Å². The standard InChI is InChI=1S/C20H24ClN3O2/c1-5-26-24-14(2)15-7-6-8-16(13-15)20(3,4)23-19(25)22-18-11-9-17(21)10-12-18/h6-13H,5H2,1-4H3,(H2,22,23,25)/b24-14+. The molecule has 26 heavy (non-hydrogen) atoms. The number of amides is 2. The minimum absolute atomic E-state index is 0.289. The van der Waals surface area contributed by atoms with Gasteiger partial charge in [0.25, 0.3) is 0 Å². The van der Waals surface area contributed by atoms with Crippen LogP contribution in [0.1, 0.15) is 38.8 Å². The molecule has 0 bridgehead atoms. The molecule has 0 aliphatic heterocycles. The molecular formula is C20H24ClN3O2. The summed E-state index contributed by atoms with van der Waals surface area (Å²) in [5.41, 5.74) is 2.81. The van der Waals surface area contributed by atoms with Crippen molar-refractivity contribution in [3.05, 3.63) is 64.7 Å². The highest BCUT2D eigenvalue weighted by Gasteiger charge is 2.23. The van der Waals surface area contributed by atoms with Crippen LogP contribution in [0.3, 0.4) is 0 Å². The van der Waals surface area contributed by atoms with Crippen LogP contribution in [0.2, 0.25) is 5.02 Å². The van der Waals surface area contributed by atoms with E-state index in [0.29, 0.717) is 17.3 Å². The Morgan fingerprint density at radius 1 is 1.19 bits per heavy atom. The molecule has 2 aromatic carbocycles. The van der Waals surface area contributed by atoms with Gasteiger partial charge in [-0.25, -0.2) is 4.79 Å². The van der Waals surface area contributed by atoms with Crippen LogP contribution in [-0.2, 0) is 10.4 Å². The molecule has 0 fully saturated rings. The molecule has 2 aromatic rings. The van der Waals surface area contributed by atoms with Gasteiger partial charge in [0, 0.05) is 10.7 Å². The second kappa shape index (κ2) is 8.72. The number of carbonyl (C=O) groups excluding carboxylic acids is 1. The molecule has 0 atom stereocenters. The van der Waals surface area contributed by atoms with Crippen LogP contribution in [0.5, 0.6) is 0 Å². The highest BCUT2D eigenvalue weighted by molar-refractivity contribution is 6.30. The molecule has 2 amide bonds. The van der Waals surface area contributed by atoms with Crippen LogP contribution >= 0.6 is 11.6 Å². The minimum Gasteiger partial charge on any atom is -0.396 e. The van der Waals surface area contributed by atoms with E-state index in [0.717, 1.165) is 16.8 Å². The monoisotopic (exact) mass is 373 g/mol. The highest BCUT2D eigenvalue weighted by atomic mass is 35.5. The Morgan fingerprint density at radius 3 is 2.54 bits per heavy atom. The van der Waals surface area contributed by atoms with Gasteiger partial charge in [0.2, 0.25) is 0 Å². The predicted octanol–water partition coefficient (Wildman–Crippen LogP) is 5.16. The van der Waals surface area contributed by atoms with Gasteiger partial charge in [-0.1, -0.05) is 35.0 Å². The van der Waals surface area contributed by atoms with Gasteiger partial charge in [0.05, 0.1) is 11.3 Å². The molecule has 138 valence electrons. The Labute approximate surface area is 159 Å². The molecule has 2 N–H and O–H groups in total. The van der Waals surface area contributed by atoms with Crippen molar-refractivity contribution in [2.75, 3.05) is 11.9 Å². The Kier molecular flexibility index (Phi) is 6.64. The van der Waals surface area contributed by atoms with E-state index in [4.69, 9.17) is 16.4 Å². The average Bonchev–Trinajstić information content (AvgIpc) is 2.61. The fourth-order valence-electron chi connectivity index (χ4n) is 2.40. The number of rotatable bonds is 6.